The van der Waals surface area contributed by atoms with Crippen molar-refractivity contribution < 1.29 is 9.53 Å². The number of carbonyl (C=O) groups excluding carboxylic acids is 1. The molecule has 4 heteroatoms. The Balaban J connectivity index is 2.62. The molecule has 1 aromatic rings. The molecule has 21 heavy (non-hydrogen) atoms. The van der Waals surface area contributed by atoms with Crippen molar-refractivity contribution in [1.29, 1.82) is 0 Å². The standard InChI is InChI=1S/C17H23N2O2/c1-13(2)19(14(3)4)17(20)21-16(12-18)11-10-15-8-6-5-7-9-15/h5-9,13-14H,10-11H2,1-4H3/q-1. The average Bonchev–Trinajstić information content (AvgIpc) is 2.43. The lowest BCUT2D eigenvalue weighted by molar-refractivity contribution is 0.101. The van der Waals surface area contributed by atoms with Crippen LogP contribution in [0.15, 0.2) is 36.1 Å². The summed E-state index contributed by atoms with van der Waals surface area (Å²) >= 11 is 0. The molecule has 0 unspecified atom stereocenters. The predicted octanol–water partition coefficient (Wildman–Crippen LogP) is 4.00. The van der Waals surface area contributed by atoms with E-state index in [4.69, 9.17) is 10.1 Å². The second kappa shape index (κ2) is 8.28. The molecule has 0 saturated carbocycles. The molecule has 0 aliphatic rings. The number of benzene rings is 1. The summed E-state index contributed by atoms with van der Waals surface area (Å²) in [5.74, 6) is 2.15. The fourth-order valence-electron chi connectivity index (χ4n) is 2.21. The summed E-state index contributed by atoms with van der Waals surface area (Å²) in [5, 5.41) is 9.13. The molecule has 0 fully saturated rings. The van der Waals surface area contributed by atoms with Crippen molar-refractivity contribution in [3.05, 3.63) is 47.1 Å². The molecule has 0 N–H and O–H groups in total. The highest BCUT2D eigenvalue weighted by atomic mass is 16.6. The van der Waals surface area contributed by atoms with Gasteiger partial charge in [0.15, 0.2) is 0 Å². The molecule has 0 spiro atoms. The van der Waals surface area contributed by atoms with E-state index in [-0.39, 0.29) is 17.8 Å². The lowest BCUT2D eigenvalue weighted by atomic mass is 10.1. The van der Waals surface area contributed by atoms with Crippen molar-refractivity contribution in [2.75, 3.05) is 0 Å². The van der Waals surface area contributed by atoms with E-state index in [1.165, 1.54) is 0 Å². The normalized spacial score (nSPS) is 10.4. The molecule has 0 aromatic heterocycles. The van der Waals surface area contributed by atoms with Crippen LogP contribution in [0.1, 0.15) is 39.7 Å². The molecule has 0 radical (unpaired) electrons. The summed E-state index contributed by atoms with van der Waals surface area (Å²) in [7, 11) is 0. The maximum Gasteiger partial charge on any atom is 0.415 e. The summed E-state index contributed by atoms with van der Waals surface area (Å²) in [6, 6.07) is 9.90. The van der Waals surface area contributed by atoms with Crippen LogP contribution in [0, 0.1) is 0 Å². The molecule has 0 saturated heterocycles. The molecule has 0 atom stereocenters. The lowest BCUT2D eigenvalue weighted by Crippen LogP contribution is -2.42. The first-order valence-electron chi connectivity index (χ1n) is 7.25. The second-order valence-corrected chi connectivity index (χ2v) is 5.48. The molecule has 114 valence electrons. The summed E-state index contributed by atoms with van der Waals surface area (Å²) < 4.78 is 5.25. The van der Waals surface area contributed by atoms with Crippen LogP contribution in [-0.4, -0.2) is 28.9 Å². The number of hydrogen-bond acceptors (Lipinski definition) is 2. The third-order valence-corrected chi connectivity index (χ3v) is 3.14. The van der Waals surface area contributed by atoms with Crippen LogP contribution in [0.4, 0.5) is 4.79 Å². The largest absolute Gasteiger partial charge is 0.760 e. The Morgan fingerprint density at radius 1 is 1.19 bits per heavy atom. The van der Waals surface area contributed by atoms with Gasteiger partial charge in [0.05, 0.1) is 0 Å². The molecule has 0 heterocycles. The first-order valence-corrected chi connectivity index (χ1v) is 7.25. The van der Waals surface area contributed by atoms with Crippen molar-refractivity contribution >= 4 is 12.0 Å². The van der Waals surface area contributed by atoms with E-state index < -0.39 is 6.09 Å². The van der Waals surface area contributed by atoms with Crippen LogP contribution in [-0.2, 0) is 11.2 Å². The Kier molecular flexibility index (Phi) is 6.70. The smallest absolute Gasteiger partial charge is 0.415 e. The third kappa shape index (κ3) is 5.44. The van der Waals surface area contributed by atoms with Crippen LogP contribution < -0.4 is 0 Å². The lowest BCUT2D eigenvalue weighted by Gasteiger charge is -2.29. The number of nitrogens with zero attached hydrogens (tertiary/aromatic N) is 2. The Hall–Kier alpha value is -2.06. The number of ether oxygens (including phenoxy) is 1. The van der Waals surface area contributed by atoms with Gasteiger partial charge in [0, 0.05) is 18.5 Å². The van der Waals surface area contributed by atoms with Crippen LogP contribution in [0.5, 0.6) is 0 Å². The van der Waals surface area contributed by atoms with E-state index in [1.54, 1.807) is 4.90 Å². The zero-order chi connectivity index (χ0) is 15.8. The highest BCUT2D eigenvalue weighted by Gasteiger charge is 2.22. The molecule has 1 amide bonds. The Labute approximate surface area is 126 Å². The molecule has 1 aromatic carbocycles. The highest BCUT2D eigenvalue weighted by Crippen LogP contribution is 2.13. The SMILES string of the molecule is CC(C)N(C(=O)OC(=C=[N-])CCc1ccccc1)C(C)C. The number of aryl methyl sites for hydroxylation is 1. The van der Waals surface area contributed by atoms with E-state index in [9.17, 15) is 4.79 Å². The summed E-state index contributed by atoms with van der Waals surface area (Å²) in [5.41, 5.74) is 1.12. The fourth-order valence-corrected chi connectivity index (χ4v) is 2.21. The van der Waals surface area contributed by atoms with Gasteiger partial charge in [-0.15, -0.1) is 0 Å². The van der Waals surface area contributed by atoms with Gasteiger partial charge >= 0.3 is 6.09 Å². The van der Waals surface area contributed by atoms with Gasteiger partial charge in [-0.3, -0.25) is 0 Å². The Bertz CT molecular complexity index is 495. The fraction of sp³-hybridized carbons (Fsp3) is 0.471. The Morgan fingerprint density at radius 2 is 1.76 bits per heavy atom. The molecule has 4 nitrogen and oxygen atoms in total. The highest BCUT2D eigenvalue weighted by molar-refractivity contribution is 5.72. The van der Waals surface area contributed by atoms with E-state index in [0.717, 1.165) is 5.56 Å². The van der Waals surface area contributed by atoms with Crippen molar-refractivity contribution in [3.8, 4) is 0 Å². The minimum atomic E-state index is -0.454. The first kappa shape index (κ1) is 17.0. The molecule has 0 bridgehead atoms. The van der Waals surface area contributed by atoms with E-state index in [1.807, 2.05) is 63.9 Å². The molecule has 1 rings (SSSR count). The summed E-state index contributed by atoms with van der Waals surface area (Å²) in [4.78, 5) is 13.8. The van der Waals surface area contributed by atoms with Crippen molar-refractivity contribution in [3.63, 3.8) is 0 Å². The van der Waals surface area contributed by atoms with Gasteiger partial charge in [0.1, 0.15) is 5.76 Å². The molecule has 0 aliphatic heterocycles. The average molecular weight is 287 g/mol. The molecular weight excluding hydrogens is 264 g/mol. The second-order valence-electron chi connectivity index (χ2n) is 5.48. The quantitative estimate of drug-likeness (QED) is 0.586. The summed E-state index contributed by atoms with van der Waals surface area (Å²) in [6.07, 6.45) is 0.654. The van der Waals surface area contributed by atoms with E-state index >= 15 is 0 Å². The monoisotopic (exact) mass is 287 g/mol. The predicted molar refractivity (Wildman–Crippen MR) is 85.2 cm³/mol. The van der Waals surface area contributed by atoms with Gasteiger partial charge in [0.25, 0.3) is 0 Å². The number of hydrogen-bond donors (Lipinski definition) is 0. The Morgan fingerprint density at radius 3 is 2.24 bits per heavy atom. The first-order chi connectivity index (χ1) is 9.95. The van der Waals surface area contributed by atoms with Crippen LogP contribution >= 0.6 is 0 Å². The van der Waals surface area contributed by atoms with Gasteiger partial charge in [-0.25, -0.2) is 10.7 Å². The topological polar surface area (TPSA) is 51.8 Å². The van der Waals surface area contributed by atoms with E-state index in [2.05, 4.69) is 0 Å². The number of allylic oxidation sites excluding steroid dienone is 1. The number of carbonyl (C=O) groups is 1. The third-order valence-electron chi connectivity index (χ3n) is 3.14. The zero-order valence-electron chi connectivity index (χ0n) is 13.2. The number of rotatable bonds is 6. The van der Waals surface area contributed by atoms with Crippen molar-refractivity contribution in [2.24, 2.45) is 0 Å². The minimum absolute atomic E-state index is 0.0339. The maximum absolute atomic E-state index is 12.1. The molecule has 0 aliphatic carbocycles. The van der Waals surface area contributed by atoms with Gasteiger partial charge < -0.3 is 15.0 Å². The number of amides is 1. The maximum atomic E-state index is 12.1. The van der Waals surface area contributed by atoms with Gasteiger partial charge in [-0.2, -0.15) is 0 Å². The van der Waals surface area contributed by atoms with Gasteiger partial charge in [0.2, 0.25) is 0 Å². The minimum Gasteiger partial charge on any atom is -0.760 e. The van der Waals surface area contributed by atoms with Crippen LogP contribution in [0.25, 0.3) is 5.41 Å². The van der Waals surface area contributed by atoms with Crippen LogP contribution in [0.3, 0.4) is 0 Å². The summed E-state index contributed by atoms with van der Waals surface area (Å²) in [6.45, 7) is 7.71. The van der Waals surface area contributed by atoms with Crippen molar-refractivity contribution in [1.82, 2.24) is 4.90 Å². The zero-order valence-corrected chi connectivity index (χ0v) is 13.2. The van der Waals surface area contributed by atoms with Gasteiger partial charge in [-0.1, -0.05) is 30.3 Å². The van der Waals surface area contributed by atoms with Crippen LogP contribution in [0.2, 0.25) is 0 Å². The van der Waals surface area contributed by atoms with Crippen molar-refractivity contribution in [2.45, 2.75) is 52.6 Å². The van der Waals surface area contributed by atoms with E-state index in [0.29, 0.717) is 12.8 Å². The van der Waals surface area contributed by atoms with Gasteiger partial charge in [-0.05, 0) is 39.7 Å². The molecular formula is C17H23N2O2-.